The van der Waals surface area contributed by atoms with Crippen molar-refractivity contribution in [2.75, 3.05) is 31.6 Å². The fourth-order valence-corrected chi connectivity index (χ4v) is 3.70. The quantitative estimate of drug-likeness (QED) is 0.559. The number of ether oxygens (including phenoxy) is 1. The van der Waals surface area contributed by atoms with E-state index in [2.05, 4.69) is 22.8 Å². The summed E-state index contributed by atoms with van der Waals surface area (Å²) in [6.45, 7) is 4.22. The molecule has 2 aliphatic rings. The minimum absolute atomic E-state index is 0.203. The number of nitrogens with zero attached hydrogens (tertiary/aromatic N) is 2. The van der Waals surface area contributed by atoms with Gasteiger partial charge in [-0.1, -0.05) is 13.0 Å². The van der Waals surface area contributed by atoms with Gasteiger partial charge < -0.3 is 25.4 Å². The molecule has 0 saturated carbocycles. The van der Waals surface area contributed by atoms with Gasteiger partial charge in [0.15, 0.2) is 0 Å². The highest BCUT2D eigenvalue weighted by Gasteiger charge is 2.33. The zero-order chi connectivity index (χ0) is 21.5. The average Bonchev–Trinajstić information content (AvgIpc) is 2.70. The van der Waals surface area contributed by atoms with E-state index in [9.17, 15) is 19.5 Å². The van der Waals surface area contributed by atoms with Crippen molar-refractivity contribution in [3.8, 4) is 0 Å². The van der Waals surface area contributed by atoms with Crippen molar-refractivity contribution >= 4 is 23.8 Å². The molecule has 0 aromatic carbocycles. The minimum atomic E-state index is -1.28. The molecule has 3 heterocycles. The monoisotopic (exact) mass is 418 g/mol. The first kappa shape index (κ1) is 21.9. The molecule has 9 nitrogen and oxygen atoms in total. The van der Waals surface area contributed by atoms with Crippen LogP contribution in [-0.4, -0.2) is 65.2 Å². The second-order valence-corrected chi connectivity index (χ2v) is 7.92. The molecule has 1 aromatic heterocycles. The molecule has 0 unspecified atom stereocenters. The summed E-state index contributed by atoms with van der Waals surface area (Å²) in [4.78, 5) is 41.6. The number of rotatable bonds is 9. The van der Waals surface area contributed by atoms with Crippen molar-refractivity contribution in [3.63, 3.8) is 0 Å². The van der Waals surface area contributed by atoms with E-state index in [1.54, 1.807) is 4.90 Å². The number of aromatic nitrogens is 1. The number of carboxylic acid groups (broad SMARTS) is 1. The molecule has 30 heavy (non-hydrogen) atoms. The lowest BCUT2D eigenvalue weighted by molar-refractivity contribution is -0.145. The number of hydrogen-bond donors (Lipinski definition) is 3. The fourth-order valence-electron chi connectivity index (χ4n) is 3.70. The van der Waals surface area contributed by atoms with Crippen LogP contribution in [-0.2, 0) is 27.2 Å². The molecule has 9 heteroatoms. The Kier molecular flexibility index (Phi) is 7.48. The first-order chi connectivity index (χ1) is 14.5. The van der Waals surface area contributed by atoms with E-state index in [1.165, 1.54) is 5.56 Å². The number of carbonyl (C=O) groups is 3. The predicted molar refractivity (Wildman–Crippen MR) is 110 cm³/mol. The second kappa shape index (κ2) is 10.3. The number of anilines is 1. The number of nitrogens with one attached hydrogen (secondary N) is 2. The summed E-state index contributed by atoms with van der Waals surface area (Å²) in [5.74, 6) is -0.147. The van der Waals surface area contributed by atoms with Crippen molar-refractivity contribution < 1.29 is 24.2 Å². The van der Waals surface area contributed by atoms with Crippen molar-refractivity contribution in [3.05, 3.63) is 23.4 Å². The van der Waals surface area contributed by atoms with Crippen LogP contribution in [0.2, 0.25) is 0 Å². The van der Waals surface area contributed by atoms with E-state index in [0.29, 0.717) is 25.4 Å². The fraction of sp³-hybridized carbons (Fsp3) is 0.619. The highest BCUT2D eigenvalue weighted by atomic mass is 16.5. The Labute approximate surface area is 176 Å². The molecule has 1 aromatic rings. The third kappa shape index (κ3) is 5.84. The summed E-state index contributed by atoms with van der Waals surface area (Å²) < 4.78 is 4.83. The molecule has 0 radical (unpaired) electrons. The third-order valence-electron chi connectivity index (χ3n) is 5.48. The third-order valence-corrected chi connectivity index (χ3v) is 5.48. The van der Waals surface area contributed by atoms with E-state index in [-0.39, 0.29) is 18.9 Å². The van der Waals surface area contributed by atoms with E-state index >= 15 is 0 Å². The lowest BCUT2D eigenvalue weighted by atomic mass is 9.93. The molecule has 1 atom stereocenters. The molecule has 1 fully saturated rings. The van der Waals surface area contributed by atoms with Gasteiger partial charge in [-0.25, -0.2) is 14.6 Å². The normalized spacial score (nSPS) is 16.6. The first-order valence-electron chi connectivity index (χ1n) is 10.6. The second-order valence-electron chi connectivity index (χ2n) is 7.92. The average molecular weight is 418 g/mol. The highest BCUT2D eigenvalue weighted by molar-refractivity contribution is 5.87. The number of likely N-dealkylation sites (tertiary alicyclic amines) is 1. The predicted octanol–water partition coefficient (Wildman–Crippen LogP) is 1.81. The van der Waals surface area contributed by atoms with Gasteiger partial charge in [0.1, 0.15) is 11.9 Å². The maximum Gasteiger partial charge on any atom is 0.407 e. The lowest BCUT2D eigenvalue weighted by Gasteiger charge is -2.40. The van der Waals surface area contributed by atoms with Crippen molar-refractivity contribution in [1.29, 1.82) is 0 Å². The van der Waals surface area contributed by atoms with Gasteiger partial charge in [0, 0.05) is 25.3 Å². The molecule has 0 spiro atoms. The van der Waals surface area contributed by atoms with Gasteiger partial charge in [-0.3, -0.25) is 4.79 Å². The molecule has 164 valence electrons. The Balaban J connectivity index is 1.40. The zero-order valence-corrected chi connectivity index (χ0v) is 17.4. The molecule has 0 bridgehead atoms. The molecule has 2 amide bonds. The summed E-state index contributed by atoms with van der Waals surface area (Å²) in [5.41, 5.74) is 2.32. The van der Waals surface area contributed by atoms with Gasteiger partial charge in [0.05, 0.1) is 13.0 Å². The van der Waals surface area contributed by atoms with Crippen LogP contribution in [0.25, 0.3) is 0 Å². The Morgan fingerprint density at radius 1 is 1.37 bits per heavy atom. The molecular weight excluding hydrogens is 388 g/mol. The number of pyridine rings is 1. The molecule has 1 saturated heterocycles. The molecule has 3 N–H and O–H groups in total. The number of amides is 2. The van der Waals surface area contributed by atoms with Gasteiger partial charge in [-0.2, -0.15) is 0 Å². The summed E-state index contributed by atoms with van der Waals surface area (Å²) in [5, 5.41) is 14.8. The molecule has 3 rings (SSSR count). The standard InChI is InChI=1S/C21H30N4O5/c1-2-10-30-21(29)24-17(20(27)28)11-18(26)25-12-14(13-25)5-7-16-8-6-15-4-3-9-22-19(15)23-16/h6,8,14,17H,2-5,7,9-13H2,1H3,(H,22,23)(H,24,29)(H,27,28)/t17-/m0/s1. The Morgan fingerprint density at radius 2 is 2.17 bits per heavy atom. The largest absolute Gasteiger partial charge is 0.480 e. The number of aliphatic carboxylic acids is 1. The summed E-state index contributed by atoms with van der Waals surface area (Å²) in [6.07, 6.45) is 3.53. The number of fused-ring (bicyclic) bond motifs is 1. The number of alkyl carbamates (subject to hydrolysis) is 1. The highest BCUT2D eigenvalue weighted by Crippen LogP contribution is 2.24. The molecular formula is C21H30N4O5. The van der Waals surface area contributed by atoms with Crippen LogP contribution in [0, 0.1) is 5.92 Å². The van der Waals surface area contributed by atoms with Gasteiger partial charge in [0.25, 0.3) is 0 Å². The topological polar surface area (TPSA) is 121 Å². The smallest absolute Gasteiger partial charge is 0.407 e. The van der Waals surface area contributed by atoms with Crippen LogP contribution in [0.1, 0.15) is 43.9 Å². The van der Waals surface area contributed by atoms with E-state index in [0.717, 1.165) is 43.7 Å². The first-order valence-corrected chi connectivity index (χ1v) is 10.6. The maximum atomic E-state index is 12.4. The van der Waals surface area contributed by atoms with Crippen molar-refractivity contribution in [1.82, 2.24) is 15.2 Å². The van der Waals surface area contributed by atoms with Gasteiger partial charge >= 0.3 is 12.1 Å². The SMILES string of the molecule is CCCOC(=O)N[C@@H](CC(=O)N1CC(CCc2ccc3c(n2)NCCC3)C1)C(=O)O. The van der Waals surface area contributed by atoms with E-state index < -0.39 is 18.1 Å². The lowest BCUT2D eigenvalue weighted by Crippen LogP contribution is -2.53. The van der Waals surface area contributed by atoms with Crippen LogP contribution in [0.15, 0.2) is 12.1 Å². The molecule has 2 aliphatic heterocycles. The number of hydrogen-bond acceptors (Lipinski definition) is 6. The Hall–Kier alpha value is -2.84. The summed E-state index contributed by atoms with van der Waals surface area (Å²) >= 11 is 0. The van der Waals surface area contributed by atoms with Gasteiger partial charge in [-0.15, -0.1) is 0 Å². The van der Waals surface area contributed by atoms with E-state index in [4.69, 9.17) is 9.72 Å². The zero-order valence-electron chi connectivity index (χ0n) is 17.4. The molecule has 0 aliphatic carbocycles. The van der Waals surface area contributed by atoms with Gasteiger partial charge in [-0.05, 0) is 49.7 Å². The Bertz CT molecular complexity index is 779. The maximum absolute atomic E-state index is 12.4. The van der Waals surface area contributed by atoms with Crippen LogP contribution >= 0.6 is 0 Å². The van der Waals surface area contributed by atoms with Crippen molar-refractivity contribution in [2.45, 2.75) is 51.5 Å². The summed E-state index contributed by atoms with van der Waals surface area (Å²) in [7, 11) is 0. The number of aryl methyl sites for hydroxylation is 2. The van der Waals surface area contributed by atoms with Crippen LogP contribution in [0.3, 0.4) is 0 Å². The van der Waals surface area contributed by atoms with E-state index in [1.807, 2.05) is 6.92 Å². The van der Waals surface area contributed by atoms with Crippen LogP contribution in [0.4, 0.5) is 10.6 Å². The van der Waals surface area contributed by atoms with Crippen LogP contribution < -0.4 is 10.6 Å². The minimum Gasteiger partial charge on any atom is -0.480 e. The van der Waals surface area contributed by atoms with Crippen LogP contribution in [0.5, 0.6) is 0 Å². The Morgan fingerprint density at radius 3 is 2.90 bits per heavy atom. The summed E-state index contributed by atoms with van der Waals surface area (Å²) in [6, 6.07) is 2.94. The van der Waals surface area contributed by atoms with Gasteiger partial charge in [0.2, 0.25) is 5.91 Å². The van der Waals surface area contributed by atoms with Crippen molar-refractivity contribution in [2.24, 2.45) is 5.92 Å². The number of carboxylic acids is 1. The number of carbonyl (C=O) groups excluding carboxylic acids is 2.